The van der Waals surface area contributed by atoms with E-state index in [1.54, 1.807) is 47.2 Å². The van der Waals surface area contributed by atoms with Gasteiger partial charge in [0, 0.05) is 29.8 Å². The van der Waals surface area contributed by atoms with Crippen molar-refractivity contribution < 1.29 is 13.2 Å². The van der Waals surface area contributed by atoms with Gasteiger partial charge in [-0.3, -0.25) is 4.79 Å². The van der Waals surface area contributed by atoms with Crippen LogP contribution in [0, 0.1) is 0 Å². The molecule has 3 aromatic rings. The van der Waals surface area contributed by atoms with Gasteiger partial charge in [-0.1, -0.05) is 24.6 Å². The summed E-state index contributed by atoms with van der Waals surface area (Å²) in [4.78, 5) is 17.1. The Morgan fingerprint density at radius 2 is 1.47 bits per heavy atom. The van der Waals surface area contributed by atoms with Crippen LogP contribution < -0.4 is 0 Å². The second kappa shape index (κ2) is 11.2. The maximum atomic E-state index is 12.8. The highest BCUT2D eigenvalue weighted by Crippen LogP contribution is 2.21. The molecule has 0 unspecified atom stereocenters. The quantitative estimate of drug-likeness (QED) is 0.330. The third-order valence-electron chi connectivity index (χ3n) is 4.73. The molecule has 0 bridgehead atoms. The fourth-order valence-corrected chi connectivity index (χ4v) is 6.89. The van der Waals surface area contributed by atoms with Crippen LogP contribution in [0.25, 0.3) is 0 Å². The van der Waals surface area contributed by atoms with Gasteiger partial charge in [0.25, 0.3) is 10.0 Å². The Balaban J connectivity index is 1.44. The van der Waals surface area contributed by atoms with Crippen molar-refractivity contribution in [1.82, 2.24) is 9.21 Å². The first-order valence-corrected chi connectivity index (χ1v) is 13.9. The lowest BCUT2D eigenvalue weighted by Crippen LogP contribution is -2.29. The highest BCUT2D eigenvalue weighted by atomic mass is 32.2. The molecule has 0 saturated carbocycles. The summed E-state index contributed by atoms with van der Waals surface area (Å²) in [6.45, 7) is 1.73. The molecule has 162 valence electrons. The summed E-state index contributed by atoms with van der Waals surface area (Å²) >= 11 is 4.56. The molecule has 0 aliphatic carbocycles. The molecular weight excluding hydrogens is 457 g/mol. The molecule has 3 rings (SSSR count). The van der Waals surface area contributed by atoms with Gasteiger partial charge in [0.2, 0.25) is 5.91 Å². The number of carbonyl (C=O) groups excluding carboxylic acids is 1. The highest BCUT2D eigenvalue weighted by Gasteiger charge is 2.21. The van der Waals surface area contributed by atoms with E-state index in [1.807, 2.05) is 27.8 Å². The van der Waals surface area contributed by atoms with Gasteiger partial charge in [-0.2, -0.15) is 0 Å². The molecule has 30 heavy (non-hydrogen) atoms. The van der Waals surface area contributed by atoms with Crippen LogP contribution >= 0.6 is 34.0 Å². The standard InChI is InChI=1S/C21H26N2O3S4/c1-22(30(25,26)21-11-7-15-29-21)12-4-2-3-10-20(24)23(16-18-8-5-13-27-18)17-19-9-6-14-28-19/h5-9,11,13-15H,2-4,10,12,16-17H2,1H3. The summed E-state index contributed by atoms with van der Waals surface area (Å²) < 4.78 is 26.6. The fraction of sp³-hybridized carbons (Fsp3) is 0.381. The first kappa shape index (κ1) is 23.1. The number of rotatable bonds is 12. The van der Waals surface area contributed by atoms with Crippen LogP contribution in [-0.2, 0) is 27.9 Å². The Morgan fingerprint density at radius 3 is 2.00 bits per heavy atom. The average Bonchev–Trinajstić information content (AvgIpc) is 3.50. The lowest BCUT2D eigenvalue weighted by Gasteiger charge is -2.22. The van der Waals surface area contributed by atoms with Crippen LogP contribution in [0.5, 0.6) is 0 Å². The van der Waals surface area contributed by atoms with Crippen molar-refractivity contribution in [1.29, 1.82) is 0 Å². The molecule has 1 amide bonds. The minimum atomic E-state index is -3.39. The Morgan fingerprint density at radius 1 is 0.867 bits per heavy atom. The predicted molar refractivity (Wildman–Crippen MR) is 125 cm³/mol. The van der Waals surface area contributed by atoms with E-state index in [9.17, 15) is 13.2 Å². The predicted octanol–water partition coefficient (Wildman–Crippen LogP) is 5.28. The second-order valence-electron chi connectivity index (χ2n) is 6.98. The van der Waals surface area contributed by atoms with Crippen molar-refractivity contribution in [2.75, 3.05) is 13.6 Å². The molecule has 0 atom stereocenters. The van der Waals surface area contributed by atoms with Crippen LogP contribution in [-0.4, -0.2) is 37.1 Å². The van der Waals surface area contributed by atoms with Crippen molar-refractivity contribution in [2.45, 2.75) is 43.0 Å². The molecular formula is C21H26N2O3S4. The van der Waals surface area contributed by atoms with Crippen molar-refractivity contribution in [3.63, 3.8) is 0 Å². The molecule has 0 spiro atoms. The van der Waals surface area contributed by atoms with E-state index < -0.39 is 10.0 Å². The highest BCUT2D eigenvalue weighted by molar-refractivity contribution is 7.91. The average molecular weight is 483 g/mol. The van der Waals surface area contributed by atoms with Gasteiger partial charge in [-0.05, 0) is 47.2 Å². The van der Waals surface area contributed by atoms with E-state index in [0.717, 1.165) is 19.3 Å². The van der Waals surface area contributed by atoms with Gasteiger partial charge in [-0.15, -0.1) is 34.0 Å². The number of sulfonamides is 1. The number of unbranched alkanes of at least 4 members (excludes halogenated alkanes) is 2. The summed E-state index contributed by atoms with van der Waals surface area (Å²) in [7, 11) is -1.78. The number of thiophene rings is 3. The Labute approximate surface area is 190 Å². The maximum Gasteiger partial charge on any atom is 0.252 e. The van der Waals surface area contributed by atoms with Crippen molar-refractivity contribution >= 4 is 49.9 Å². The molecule has 0 N–H and O–H groups in total. The zero-order valence-electron chi connectivity index (χ0n) is 16.9. The number of amides is 1. The van der Waals surface area contributed by atoms with E-state index in [1.165, 1.54) is 25.4 Å². The van der Waals surface area contributed by atoms with Crippen LogP contribution in [0.1, 0.15) is 35.4 Å². The zero-order chi connectivity index (χ0) is 21.4. The lowest BCUT2D eigenvalue weighted by molar-refractivity contribution is -0.132. The topological polar surface area (TPSA) is 57.7 Å². The van der Waals surface area contributed by atoms with E-state index >= 15 is 0 Å². The summed E-state index contributed by atoms with van der Waals surface area (Å²) in [5.41, 5.74) is 0. The van der Waals surface area contributed by atoms with E-state index in [-0.39, 0.29) is 5.91 Å². The zero-order valence-corrected chi connectivity index (χ0v) is 20.2. The number of nitrogens with zero attached hydrogens (tertiary/aromatic N) is 2. The number of carbonyl (C=O) groups is 1. The smallest absolute Gasteiger partial charge is 0.252 e. The molecule has 0 fully saturated rings. The first-order chi connectivity index (χ1) is 14.5. The van der Waals surface area contributed by atoms with Crippen LogP contribution in [0.3, 0.4) is 0 Å². The lowest BCUT2D eigenvalue weighted by atomic mass is 10.1. The molecule has 3 heterocycles. The second-order valence-corrected chi connectivity index (χ2v) is 12.3. The molecule has 5 nitrogen and oxygen atoms in total. The van der Waals surface area contributed by atoms with E-state index in [4.69, 9.17) is 0 Å². The molecule has 3 aromatic heterocycles. The summed E-state index contributed by atoms with van der Waals surface area (Å²) in [5, 5.41) is 5.83. The Hall–Kier alpha value is -1.52. The van der Waals surface area contributed by atoms with Crippen LogP contribution in [0.15, 0.2) is 56.7 Å². The molecule has 9 heteroatoms. The van der Waals surface area contributed by atoms with Crippen molar-refractivity contribution in [2.24, 2.45) is 0 Å². The van der Waals surface area contributed by atoms with Crippen LogP contribution in [0.4, 0.5) is 0 Å². The van der Waals surface area contributed by atoms with Gasteiger partial charge in [-0.25, -0.2) is 12.7 Å². The summed E-state index contributed by atoms with van der Waals surface area (Å²) in [6.07, 6.45) is 2.81. The van der Waals surface area contributed by atoms with Gasteiger partial charge in [0.1, 0.15) is 4.21 Å². The number of hydrogen-bond donors (Lipinski definition) is 0. The molecule has 0 radical (unpaired) electrons. The monoisotopic (exact) mass is 482 g/mol. The fourth-order valence-electron chi connectivity index (χ4n) is 3.04. The Bertz CT molecular complexity index is 945. The van der Waals surface area contributed by atoms with Gasteiger partial charge in [0.15, 0.2) is 0 Å². The minimum Gasteiger partial charge on any atom is -0.332 e. The molecule has 0 saturated heterocycles. The van der Waals surface area contributed by atoms with Gasteiger partial charge in [0.05, 0.1) is 13.1 Å². The van der Waals surface area contributed by atoms with Crippen LogP contribution in [0.2, 0.25) is 0 Å². The largest absolute Gasteiger partial charge is 0.332 e. The third-order valence-corrected chi connectivity index (χ3v) is 9.68. The van der Waals surface area contributed by atoms with Gasteiger partial charge >= 0.3 is 0 Å². The van der Waals surface area contributed by atoms with E-state index in [2.05, 4.69) is 12.1 Å². The molecule has 0 aliphatic rings. The summed E-state index contributed by atoms with van der Waals surface area (Å²) in [6, 6.07) is 11.5. The molecule has 0 aromatic carbocycles. The maximum absolute atomic E-state index is 12.8. The van der Waals surface area contributed by atoms with Crippen molar-refractivity contribution in [3.8, 4) is 0 Å². The Kier molecular flexibility index (Phi) is 8.64. The minimum absolute atomic E-state index is 0.149. The normalized spacial score (nSPS) is 11.8. The van der Waals surface area contributed by atoms with E-state index in [0.29, 0.717) is 30.3 Å². The summed E-state index contributed by atoms with van der Waals surface area (Å²) in [5.74, 6) is 0.149. The first-order valence-electron chi connectivity index (χ1n) is 9.79. The SMILES string of the molecule is CN(CCCCCC(=O)N(Cc1cccs1)Cc1cccs1)S(=O)(=O)c1cccs1. The van der Waals surface area contributed by atoms with Gasteiger partial charge < -0.3 is 4.90 Å². The van der Waals surface area contributed by atoms with Crippen molar-refractivity contribution in [3.05, 3.63) is 62.3 Å². The number of hydrogen-bond acceptors (Lipinski definition) is 6. The molecule has 0 aliphatic heterocycles. The third kappa shape index (κ3) is 6.49.